The molecule has 2 aromatic rings. The third-order valence-electron chi connectivity index (χ3n) is 3.17. The summed E-state index contributed by atoms with van der Waals surface area (Å²) in [5.74, 6) is 1.51. The van der Waals surface area contributed by atoms with Crippen LogP contribution in [0.4, 0.5) is 0 Å². The summed E-state index contributed by atoms with van der Waals surface area (Å²) in [6.45, 7) is 4.89. The lowest BCUT2D eigenvalue weighted by atomic mass is 10.1. The lowest BCUT2D eigenvalue weighted by Crippen LogP contribution is -2.01. The Morgan fingerprint density at radius 1 is 1.05 bits per heavy atom. The first-order chi connectivity index (χ1) is 10.2. The summed E-state index contributed by atoms with van der Waals surface area (Å²) in [6.07, 6.45) is 0.536. The van der Waals surface area contributed by atoms with Crippen molar-refractivity contribution in [2.45, 2.75) is 31.3 Å². The van der Waals surface area contributed by atoms with Crippen LogP contribution in [0, 0.1) is 6.92 Å². The second-order valence-corrected chi connectivity index (χ2v) is 6.15. The highest BCUT2D eigenvalue weighted by Gasteiger charge is 2.08. The number of aliphatic hydroxyl groups excluding tert-OH is 1. The standard InChI is InChI=1S/C18H22O2S/c1-3-12-20-16-8-6-15(7-9-16)18(19)13-21-17-10-4-14(2)5-11-17/h4-11,18-19H,3,12-13H2,1-2H3. The van der Waals surface area contributed by atoms with Crippen molar-refractivity contribution in [2.24, 2.45) is 0 Å². The molecule has 0 saturated heterocycles. The van der Waals surface area contributed by atoms with Gasteiger partial charge < -0.3 is 9.84 Å². The number of ether oxygens (including phenoxy) is 1. The van der Waals surface area contributed by atoms with Crippen LogP contribution in [0.1, 0.15) is 30.6 Å². The summed E-state index contributed by atoms with van der Waals surface area (Å²) in [5, 5.41) is 10.2. The lowest BCUT2D eigenvalue weighted by molar-refractivity contribution is 0.204. The van der Waals surface area contributed by atoms with Gasteiger partial charge >= 0.3 is 0 Å². The number of hydrogen-bond acceptors (Lipinski definition) is 3. The van der Waals surface area contributed by atoms with E-state index in [2.05, 4.69) is 38.1 Å². The van der Waals surface area contributed by atoms with E-state index >= 15 is 0 Å². The minimum atomic E-state index is -0.462. The molecule has 2 nitrogen and oxygen atoms in total. The van der Waals surface area contributed by atoms with Gasteiger partial charge in [-0.15, -0.1) is 11.8 Å². The Labute approximate surface area is 131 Å². The van der Waals surface area contributed by atoms with Gasteiger partial charge in [-0.1, -0.05) is 36.8 Å². The predicted octanol–water partition coefficient (Wildman–Crippen LogP) is 4.61. The van der Waals surface area contributed by atoms with Crippen LogP contribution >= 0.6 is 11.8 Å². The summed E-state index contributed by atoms with van der Waals surface area (Å²) in [5.41, 5.74) is 2.18. The number of aryl methyl sites for hydroxylation is 1. The van der Waals surface area contributed by atoms with E-state index in [0.717, 1.165) is 24.3 Å². The highest BCUT2D eigenvalue weighted by Crippen LogP contribution is 2.26. The average Bonchev–Trinajstić information content (AvgIpc) is 2.52. The number of benzene rings is 2. The fraction of sp³-hybridized carbons (Fsp3) is 0.333. The summed E-state index contributed by atoms with van der Waals surface area (Å²) >= 11 is 1.67. The summed E-state index contributed by atoms with van der Waals surface area (Å²) in [4.78, 5) is 1.18. The van der Waals surface area contributed by atoms with Gasteiger partial charge in [0.05, 0.1) is 12.7 Å². The van der Waals surface area contributed by atoms with Crippen molar-refractivity contribution in [3.05, 3.63) is 59.7 Å². The Morgan fingerprint density at radius 2 is 1.71 bits per heavy atom. The van der Waals surface area contributed by atoms with Gasteiger partial charge in [-0.3, -0.25) is 0 Å². The van der Waals surface area contributed by atoms with E-state index in [9.17, 15) is 5.11 Å². The third kappa shape index (κ3) is 5.10. The van der Waals surface area contributed by atoms with E-state index in [0.29, 0.717) is 5.75 Å². The molecule has 0 aromatic heterocycles. The highest BCUT2D eigenvalue weighted by molar-refractivity contribution is 7.99. The smallest absolute Gasteiger partial charge is 0.119 e. The zero-order valence-electron chi connectivity index (χ0n) is 12.6. The van der Waals surface area contributed by atoms with Crippen molar-refractivity contribution in [3.63, 3.8) is 0 Å². The molecule has 0 fully saturated rings. The monoisotopic (exact) mass is 302 g/mol. The van der Waals surface area contributed by atoms with Crippen LogP contribution < -0.4 is 4.74 Å². The van der Waals surface area contributed by atoms with Gasteiger partial charge in [0.2, 0.25) is 0 Å². The molecule has 3 heteroatoms. The maximum absolute atomic E-state index is 10.2. The number of thioether (sulfide) groups is 1. The van der Waals surface area contributed by atoms with Crippen LogP contribution in [0.2, 0.25) is 0 Å². The van der Waals surface area contributed by atoms with Gasteiger partial charge in [0.25, 0.3) is 0 Å². The molecule has 0 aliphatic carbocycles. The van der Waals surface area contributed by atoms with Crippen molar-refractivity contribution < 1.29 is 9.84 Å². The Bertz CT molecular complexity index is 534. The highest BCUT2D eigenvalue weighted by atomic mass is 32.2. The predicted molar refractivity (Wildman–Crippen MR) is 89.1 cm³/mol. The molecule has 0 aliphatic heterocycles. The SMILES string of the molecule is CCCOc1ccc(C(O)CSc2ccc(C)cc2)cc1. The van der Waals surface area contributed by atoms with E-state index in [1.807, 2.05) is 24.3 Å². The number of aliphatic hydroxyl groups is 1. The Kier molecular flexibility index (Phi) is 6.15. The van der Waals surface area contributed by atoms with Crippen LogP contribution in [0.5, 0.6) is 5.75 Å². The average molecular weight is 302 g/mol. The molecule has 21 heavy (non-hydrogen) atoms. The molecular weight excluding hydrogens is 280 g/mol. The molecule has 2 aromatic carbocycles. The molecule has 1 N–H and O–H groups in total. The molecular formula is C18H22O2S. The fourth-order valence-electron chi connectivity index (χ4n) is 1.91. The molecule has 0 heterocycles. The molecule has 1 unspecified atom stereocenters. The van der Waals surface area contributed by atoms with E-state index in [4.69, 9.17) is 4.74 Å². The molecule has 1 atom stereocenters. The number of rotatable bonds is 7. The Hall–Kier alpha value is -1.45. The largest absolute Gasteiger partial charge is 0.494 e. The van der Waals surface area contributed by atoms with E-state index in [1.54, 1.807) is 11.8 Å². The third-order valence-corrected chi connectivity index (χ3v) is 4.25. The topological polar surface area (TPSA) is 29.5 Å². The lowest BCUT2D eigenvalue weighted by Gasteiger charge is -2.12. The second kappa shape index (κ2) is 8.11. The van der Waals surface area contributed by atoms with Gasteiger partial charge in [0, 0.05) is 10.6 Å². The molecule has 2 rings (SSSR count). The van der Waals surface area contributed by atoms with Gasteiger partial charge in [-0.25, -0.2) is 0 Å². The van der Waals surface area contributed by atoms with E-state index in [-0.39, 0.29) is 0 Å². The Morgan fingerprint density at radius 3 is 2.33 bits per heavy atom. The molecule has 112 valence electrons. The Balaban J connectivity index is 1.87. The van der Waals surface area contributed by atoms with E-state index in [1.165, 1.54) is 10.5 Å². The molecule has 0 radical (unpaired) electrons. The second-order valence-electron chi connectivity index (χ2n) is 5.06. The van der Waals surface area contributed by atoms with Crippen LogP contribution in [0.15, 0.2) is 53.4 Å². The van der Waals surface area contributed by atoms with Crippen LogP contribution in [0.3, 0.4) is 0 Å². The van der Waals surface area contributed by atoms with Crippen molar-refractivity contribution in [1.29, 1.82) is 0 Å². The normalized spacial score (nSPS) is 12.1. The zero-order chi connectivity index (χ0) is 15.1. The fourth-order valence-corrected chi connectivity index (χ4v) is 2.78. The zero-order valence-corrected chi connectivity index (χ0v) is 13.4. The van der Waals surface area contributed by atoms with Crippen molar-refractivity contribution >= 4 is 11.8 Å². The summed E-state index contributed by atoms with van der Waals surface area (Å²) in [6, 6.07) is 16.1. The first kappa shape index (κ1) is 15.9. The van der Waals surface area contributed by atoms with Gasteiger partial charge in [-0.2, -0.15) is 0 Å². The van der Waals surface area contributed by atoms with Crippen molar-refractivity contribution in [3.8, 4) is 5.75 Å². The van der Waals surface area contributed by atoms with Crippen LogP contribution in [0.25, 0.3) is 0 Å². The first-order valence-electron chi connectivity index (χ1n) is 7.29. The number of hydrogen-bond donors (Lipinski definition) is 1. The minimum Gasteiger partial charge on any atom is -0.494 e. The molecule has 0 saturated carbocycles. The van der Waals surface area contributed by atoms with Crippen molar-refractivity contribution in [1.82, 2.24) is 0 Å². The summed E-state index contributed by atoms with van der Waals surface area (Å²) in [7, 11) is 0. The molecule has 0 aliphatic rings. The molecule has 0 amide bonds. The van der Waals surface area contributed by atoms with Crippen LogP contribution in [-0.2, 0) is 0 Å². The van der Waals surface area contributed by atoms with Gasteiger partial charge in [-0.05, 0) is 43.2 Å². The van der Waals surface area contributed by atoms with Gasteiger partial charge in [0.15, 0.2) is 0 Å². The maximum atomic E-state index is 10.2. The minimum absolute atomic E-state index is 0.462. The molecule has 0 spiro atoms. The van der Waals surface area contributed by atoms with Gasteiger partial charge in [0.1, 0.15) is 5.75 Å². The molecule has 0 bridgehead atoms. The maximum Gasteiger partial charge on any atom is 0.119 e. The van der Waals surface area contributed by atoms with Crippen LogP contribution in [-0.4, -0.2) is 17.5 Å². The first-order valence-corrected chi connectivity index (χ1v) is 8.28. The van der Waals surface area contributed by atoms with Crippen molar-refractivity contribution in [2.75, 3.05) is 12.4 Å². The quantitative estimate of drug-likeness (QED) is 0.757. The summed E-state index contributed by atoms with van der Waals surface area (Å²) < 4.78 is 5.54. The van der Waals surface area contributed by atoms with E-state index < -0.39 is 6.10 Å².